The highest BCUT2D eigenvalue weighted by atomic mass is 16.1. The molecule has 0 N–H and O–H groups in total. The van der Waals surface area contributed by atoms with Gasteiger partial charge in [0.2, 0.25) is 6.08 Å². The molecule has 0 saturated carbocycles. The molecule has 0 aliphatic heterocycles. The first kappa shape index (κ1) is 9.60. The predicted molar refractivity (Wildman–Crippen MR) is 46.1 cm³/mol. The Hall–Kier alpha value is -1.40. The van der Waals surface area contributed by atoms with Gasteiger partial charge in [-0.2, -0.15) is 0 Å². The Bertz CT molecular complexity index is 220. The minimum absolute atomic E-state index is 0.331. The van der Waals surface area contributed by atoms with E-state index < -0.39 is 0 Å². The third-order valence-corrected chi connectivity index (χ3v) is 0.982. The molecule has 0 atom stereocenters. The molecule has 0 unspecified atom stereocenters. The quantitative estimate of drug-likeness (QED) is 0.341. The maximum absolute atomic E-state index is 9.67. The van der Waals surface area contributed by atoms with Crippen molar-refractivity contribution in [3.63, 3.8) is 0 Å². The lowest BCUT2D eigenvalue weighted by Crippen LogP contribution is -1.79. The van der Waals surface area contributed by atoms with Crippen LogP contribution in [0, 0.1) is 0 Å². The molecule has 0 fully saturated rings. The van der Waals surface area contributed by atoms with Crippen LogP contribution in [0.15, 0.2) is 41.4 Å². The highest BCUT2D eigenvalue weighted by molar-refractivity contribution is 5.34. The Morgan fingerprint density at radius 1 is 1.64 bits per heavy atom. The van der Waals surface area contributed by atoms with E-state index in [1.54, 1.807) is 6.08 Å². The molecule has 2 nitrogen and oxygen atoms in total. The second kappa shape index (κ2) is 6.72. The van der Waals surface area contributed by atoms with Gasteiger partial charge in [-0.3, -0.25) is 0 Å². The standard InChI is InChI=1S/C9H11NO/c1-3-4-5-6-9(2)7-10-8-11/h3-6H,2,7H2,1H3/b4-3-,6-5-. The minimum Gasteiger partial charge on any atom is -0.211 e. The molecule has 58 valence electrons. The average Bonchev–Trinajstić information content (AvgIpc) is 2.01. The number of rotatable bonds is 4. The Morgan fingerprint density at radius 3 is 2.91 bits per heavy atom. The summed E-state index contributed by atoms with van der Waals surface area (Å²) in [6, 6.07) is 0. The Balaban J connectivity index is 3.77. The van der Waals surface area contributed by atoms with E-state index in [-0.39, 0.29) is 0 Å². The van der Waals surface area contributed by atoms with E-state index in [2.05, 4.69) is 11.6 Å². The van der Waals surface area contributed by atoms with Crippen LogP contribution in [-0.2, 0) is 4.79 Å². The predicted octanol–water partition coefficient (Wildman–Crippen LogP) is 2.01. The molecule has 0 aliphatic carbocycles. The van der Waals surface area contributed by atoms with Gasteiger partial charge in [0.15, 0.2) is 0 Å². The molecular formula is C9H11NO. The van der Waals surface area contributed by atoms with E-state index in [1.807, 2.05) is 25.2 Å². The zero-order valence-electron chi connectivity index (χ0n) is 6.58. The number of aliphatic imine (C=N–C) groups is 1. The number of carbonyl (C=O) groups excluding carboxylic acids is 1. The molecule has 0 aliphatic rings. The van der Waals surface area contributed by atoms with Crippen LogP contribution in [0.4, 0.5) is 0 Å². The fourth-order valence-corrected chi connectivity index (χ4v) is 0.489. The van der Waals surface area contributed by atoms with Crippen molar-refractivity contribution in [2.75, 3.05) is 6.54 Å². The van der Waals surface area contributed by atoms with Gasteiger partial charge < -0.3 is 0 Å². The van der Waals surface area contributed by atoms with Crippen molar-refractivity contribution < 1.29 is 4.79 Å². The van der Waals surface area contributed by atoms with Crippen molar-refractivity contribution in [2.45, 2.75) is 6.92 Å². The van der Waals surface area contributed by atoms with Gasteiger partial charge >= 0.3 is 0 Å². The van der Waals surface area contributed by atoms with Crippen LogP contribution in [0.5, 0.6) is 0 Å². The average molecular weight is 149 g/mol. The summed E-state index contributed by atoms with van der Waals surface area (Å²) in [4.78, 5) is 13.0. The lowest BCUT2D eigenvalue weighted by atomic mass is 10.3. The molecule has 0 spiro atoms. The molecular weight excluding hydrogens is 138 g/mol. The van der Waals surface area contributed by atoms with E-state index in [0.717, 1.165) is 5.57 Å². The van der Waals surface area contributed by atoms with Gasteiger partial charge in [0.25, 0.3) is 0 Å². The van der Waals surface area contributed by atoms with Gasteiger partial charge in [0.1, 0.15) is 0 Å². The molecule has 0 bridgehead atoms. The summed E-state index contributed by atoms with van der Waals surface area (Å²) >= 11 is 0. The molecule has 11 heavy (non-hydrogen) atoms. The highest BCUT2D eigenvalue weighted by Gasteiger charge is 1.81. The first-order valence-corrected chi connectivity index (χ1v) is 3.32. The van der Waals surface area contributed by atoms with Crippen LogP contribution in [0.25, 0.3) is 0 Å². The van der Waals surface area contributed by atoms with Crippen LogP contribution in [-0.4, -0.2) is 12.6 Å². The Labute approximate surface area is 66.6 Å². The van der Waals surface area contributed by atoms with Crippen molar-refractivity contribution in [1.82, 2.24) is 0 Å². The third-order valence-electron chi connectivity index (χ3n) is 0.982. The maximum atomic E-state index is 9.67. The summed E-state index contributed by atoms with van der Waals surface area (Å²) in [5, 5.41) is 0. The van der Waals surface area contributed by atoms with E-state index in [9.17, 15) is 4.79 Å². The van der Waals surface area contributed by atoms with Gasteiger partial charge in [0.05, 0.1) is 6.54 Å². The molecule has 0 aromatic carbocycles. The van der Waals surface area contributed by atoms with E-state index in [0.29, 0.717) is 6.54 Å². The first-order chi connectivity index (χ1) is 5.31. The van der Waals surface area contributed by atoms with Gasteiger partial charge in [-0.25, -0.2) is 9.79 Å². The van der Waals surface area contributed by atoms with Crippen molar-refractivity contribution in [1.29, 1.82) is 0 Å². The van der Waals surface area contributed by atoms with Crippen molar-refractivity contribution in [3.8, 4) is 0 Å². The lowest BCUT2D eigenvalue weighted by molar-refractivity contribution is 0.563. The van der Waals surface area contributed by atoms with Gasteiger partial charge in [-0.1, -0.05) is 30.9 Å². The van der Waals surface area contributed by atoms with Gasteiger partial charge in [-0.15, -0.1) is 0 Å². The molecule has 2 heteroatoms. The molecule has 0 aromatic heterocycles. The molecule has 0 aromatic rings. The second-order valence-corrected chi connectivity index (χ2v) is 1.95. The highest BCUT2D eigenvalue weighted by Crippen LogP contribution is 1.92. The van der Waals surface area contributed by atoms with Crippen molar-refractivity contribution >= 4 is 6.08 Å². The number of allylic oxidation sites excluding steroid dienone is 3. The second-order valence-electron chi connectivity index (χ2n) is 1.95. The van der Waals surface area contributed by atoms with Crippen LogP contribution in [0.3, 0.4) is 0 Å². The maximum Gasteiger partial charge on any atom is 0.235 e. The third kappa shape index (κ3) is 6.49. The summed E-state index contributed by atoms with van der Waals surface area (Å²) in [7, 11) is 0. The van der Waals surface area contributed by atoms with Gasteiger partial charge in [-0.05, 0) is 12.5 Å². The number of nitrogens with zero attached hydrogens (tertiary/aromatic N) is 1. The fourth-order valence-electron chi connectivity index (χ4n) is 0.489. The molecule has 0 amide bonds. The van der Waals surface area contributed by atoms with E-state index in [1.165, 1.54) is 6.08 Å². The summed E-state index contributed by atoms with van der Waals surface area (Å²) in [6.07, 6.45) is 8.90. The van der Waals surface area contributed by atoms with E-state index >= 15 is 0 Å². The van der Waals surface area contributed by atoms with Crippen molar-refractivity contribution in [3.05, 3.63) is 36.5 Å². The fraction of sp³-hybridized carbons (Fsp3) is 0.222. The lowest BCUT2D eigenvalue weighted by Gasteiger charge is -1.87. The summed E-state index contributed by atoms with van der Waals surface area (Å²) in [5.41, 5.74) is 0.798. The van der Waals surface area contributed by atoms with Crippen LogP contribution >= 0.6 is 0 Å². The smallest absolute Gasteiger partial charge is 0.211 e. The summed E-state index contributed by atoms with van der Waals surface area (Å²) in [5.74, 6) is 0. The molecule has 0 heterocycles. The molecule has 0 rings (SSSR count). The molecule has 0 saturated heterocycles. The van der Waals surface area contributed by atoms with Gasteiger partial charge in [0, 0.05) is 0 Å². The van der Waals surface area contributed by atoms with Crippen molar-refractivity contribution in [2.24, 2.45) is 4.99 Å². The monoisotopic (exact) mass is 149 g/mol. The van der Waals surface area contributed by atoms with Crippen LogP contribution in [0.1, 0.15) is 6.92 Å². The SMILES string of the molecule is C=C(/C=C\C=C/C)CN=C=O. The van der Waals surface area contributed by atoms with Crippen LogP contribution < -0.4 is 0 Å². The number of isocyanates is 1. The molecule has 0 radical (unpaired) electrons. The minimum atomic E-state index is 0.331. The Kier molecular flexibility index (Phi) is 5.86. The zero-order chi connectivity index (χ0) is 8.53. The number of hydrogen-bond acceptors (Lipinski definition) is 2. The topological polar surface area (TPSA) is 29.4 Å². The van der Waals surface area contributed by atoms with E-state index in [4.69, 9.17) is 0 Å². The Morgan fingerprint density at radius 2 is 2.36 bits per heavy atom. The zero-order valence-corrected chi connectivity index (χ0v) is 6.58. The number of hydrogen-bond donors (Lipinski definition) is 0. The summed E-state index contributed by atoms with van der Waals surface area (Å²) < 4.78 is 0. The summed E-state index contributed by atoms with van der Waals surface area (Å²) in [6.45, 7) is 5.93. The normalized spacial score (nSPS) is 10.3. The van der Waals surface area contributed by atoms with Crippen LogP contribution in [0.2, 0.25) is 0 Å². The first-order valence-electron chi connectivity index (χ1n) is 3.32. The largest absolute Gasteiger partial charge is 0.235 e.